The third-order valence-corrected chi connectivity index (χ3v) is 4.75. The smallest absolute Gasteiger partial charge is 0.232 e. The van der Waals surface area contributed by atoms with Crippen molar-refractivity contribution in [3.63, 3.8) is 0 Å². The average Bonchev–Trinajstić information content (AvgIpc) is 2.51. The van der Waals surface area contributed by atoms with E-state index in [1.807, 2.05) is 6.07 Å². The molecule has 1 fully saturated rings. The number of amides is 1. The molecule has 1 aliphatic heterocycles. The van der Waals surface area contributed by atoms with Gasteiger partial charge in [0, 0.05) is 6.54 Å². The van der Waals surface area contributed by atoms with Crippen LogP contribution in [0.2, 0.25) is 0 Å². The summed E-state index contributed by atoms with van der Waals surface area (Å²) in [6.45, 7) is 5.10. The van der Waals surface area contributed by atoms with E-state index >= 15 is 0 Å². The van der Waals surface area contributed by atoms with E-state index in [1.165, 1.54) is 5.56 Å². The Kier molecular flexibility index (Phi) is 3.00. The van der Waals surface area contributed by atoms with Crippen LogP contribution in [0.1, 0.15) is 38.2 Å². The lowest BCUT2D eigenvalue weighted by Gasteiger charge is -2.36. The lowest BCUT2D eigenvalue weighted by Crippen LogP contribution is -2.42. The molecule has 1 aromatic rings. The summed E-state index contributed by atoms with van der Waals surface area (Å²) in [4.78, 5) is 12.6. The zero-order valence-electron chi connectivity index (χ0n) is 11.8. The summed E-state index contributed by atoms with van der Waals surface area (Å²) in [5, 5.41) is 6.61. The fourth-order valence-electron chi connectivity index (χ4n) is 3.23. The molecule has 0 atom stereocenters. The van der Waals surface area contributed by atoms with Gasteiger partial charge in [0.2, 0.25) is 5.91 Å². The number of rotatable bonds is 0. The van der Waals surface area contributed by atoms with Gasteiger partial charge >= 0.3 is 0 Å². The molecule has 0 unspecified atom stereocenters. The Bertz CT molecular complexity index is 501. The Morgan fingerprint density at radius 1 is 1.21 bits per heavy atom. The molecule has 102 valence electrons. The topological polar surface area (TPSA) is 41.1 Å². The zero-order valence-corrected chi connectivity index (χ0v) is 11.8. The van der Waals surface area contributed by atoms with Crippen molar-refractivity contribution in [2.75, 3.05) is 17.2 Å². The van der Waals surface area contributed by atoms with Gasteiger partial charge in [-0.2, -0.15) is 0 Å². The normalized spacial score (nSPS) is 30.2. The third-order valence-electron chi connectivity index (χ3n) is 4.75. The minimum absolute atomic E-state index is 0.205. The fourth-order valence-corrected chi connectivity index (χ4v) is 3.23. The molecular weight excluding hydrogens is 236 g/mol. The number of fused-ring (bicyclic) bond motifs is 1. The largest absolute Gasteiger partial charge is 0.382 e. The molecule has 2 aliphatic rings. The van der Waals surface area contributed by atoms with E-state index in [1.54, 1.807) is 0 Å². The van der Waals surface area contributed by atoms with Crippen molar-refractivity contribution in [2.24, 2.45) is 11.3 Å². The molecule has 1 spiro atoms. The number of anilines is 2. The number of hydrogen-bond donors (Lipinski definition) is 2. The molecule has 3 nitrogen and oxygen atoms in total. The summed E-state index contributed by atoms with van der Waals surface area (Å²) >= 11 is 0. The van der Waals surface area contributed by atoms with Gasteiger partial charge in [0.1, 0.15) is 0 Å². The van der Waals surface area contributed by atoms with E-state index in [2.05, 4.69) is 36.6 Å². The number of aryl methyl sites for hydroxylation is 1. The van der Waals surface area contributed by atoms with Crippen LogP contribution in [0, 0.1) is 18.3 Å². The lowest BCUT2D eigenvalue weighted by molar-refractivity contribution is -0.126. The molecule has 19 heavy (non-hydrogen) atoms. The van der Waals surface area contributed by atoms with Crippen LogP contribution in [0.15, 0.2) is 18.2 Å². The Balaban J connectivity index is 1.88. The fraction of sp³-hybridized carbons (Fsp3) is 0.562. The van der Waals surface area contributed by atoms with Gasteiger partial charge in [-0.3, -0.25) is 4.79 Å². The maximum absolute atomic E-state index is 12.6. The van der Waals surface area contributed by atoms with E-state index in [-0.39, 0.29) is 11.3 Å². The maximum Gasteiger partial charge on any atom is 0.232 e. The van der Waals surface area contributed by atoms with E-state index in [9.17, 15) is 4.79 Å². The van der Waals surface area contributed by atoms with Crippen LogP contribution in [-0.2, 0) is 4.79 Å². The molecule has 1 amide bonds. The van der Waals surface area contributed by atoms with Crippen molar-refractivity contribution in [3.05, 3.63) is 23.8 Å². The van der Waals surface area contributed by atoms with Crippen LogP contribution in [0.5, 0.6) is 0 Å². The molecule has 1 saturated carbocycles. The van der Waals surface area contributed by atoms with Gasteiger partial charge in [0.15, 0.2) is 0 Å². The second-order valence-electron chi connectivity index (χ2n) is 6.32. The second kappa shape index (κ2) is 4.55. The summed E-state index contributed by atoms with van der Waals surface area (Å²) in [6, 6.07) is 6.19. The summed E-state index contributed by atoms with van der Waals surface area (Å²) < 4.78 is 0. The molecule has 0 radical (unpaired) electrons. The van der Waals surface area contributed by atoms with E-state index in [0.29, 0.717) is 0 Å². The Hall–Kier alpha value is -1.51. The maximum atomic E-state index is 12.6. The summed E-state index contributed by atoms with van der Waals surface area (Å²) in [6.07, 6.45) is 4.31. The van der Waals surface area contributed by atoms with Crippen molar-refractivity contribution < 1.29 is 4.79 Å². The van der Waals surface area contributed by atoms with Crippen LogP contribution in [-0.4, -0.2) is 12.5 Å². The molecule has 1 aliphatic carbocycles. The number of hydrogen-bond acceptors (Lipinski definition) is 2. The Morgan fingerprint density at radius 3 is 2.68 bits per heavy atom. The lowest BCUT2D eigenvalue weighted by atomic mass is 9.70. The minimum Gasteiger partial charge on any atom is -0.382 e. The van der Waals surface area contributed by atoms with Gasteiger partial charge < -0.3 is 10.6 Å². The van der Waals surface area contributed by atoms with Gasteiger partial charge in [-0.25, -0.2) is 0 Å². The number of carbonyl (C=O) groups excluding carboxylic acids is 1. The SMILES string of the molecule is Cc1ccc2c(c1)NC(=O)C1(CCC(C)CC1)CN2. The number of benzene rings is 1. The minimum atomic E-state index is -0.209. The highest BCUT2D eigenvalue weighted by molar-refractivity contribution is 6.00. The van der Waals surface area contributed by atoms with Gasteiger partial charge in [-0.1, -0.05) is 13.0 Å². The molecule has 0 bridgehead atoms. The quantitative estimate of drug-likeness (QED) is 0.747. The Morgan fingerprint density at radius 2 is 1.95 bits per heavy atom. The van der Waals surface area contributed by atoms with Gasteiger partial charge in [0.25, 0.3) is 0 Å². The Labute approximate surface area is 114 Å². The highest BCUT2D eigenvalue weighted by atomic mass is 16.2. The van der Waals surface area contributed by atoms with Crippen LogP contribution in [0.25, 0.3) is 0 Å². The standard InChI is InChI=1S/C16H22N2O/c1-11-5-7-16(8-6-11)10-17-13-4-3-12(2)9-14(13)18-15(16)19/h3-4,9,11,17H,5-8,10H2,1-2H3,(H,18,19). The van der Waals surface area contributed by atoms with Crippen LogP contribution < -0.4 is 10.6 Å². The predicted octanol–water partition coefficient (Wildman–Crippen LogP) is 3.56. The van der Waals surface area contributed by atoms with Crippen LogP contribution in [0.4, 0.5) is 11.4 Å². The highest BCUT2D eigenvalue weighted by Gasteiger charge is 2.42. The molecule has 0 aromatic heterocycles. The van der Waals surface area contributed by atoms with Crippen molar-refractivity contribution in [1.82, 2.24) is 0 Å². The van der Waals surface area contributed by atoms with Crippen LogP contribution >= 0.6 is 0 Å². The molecule has 1 aromatic carbocycles. The molecular formula is C16H22N2O. The van der Waals surface area contributed by atoms with Gasteiger partial charge in [-0.15, -0.1) is 0 Å². The number of carbonyl (C=O) groups is 1. The van der Waals surface area contributed by atoms with Gasteiger partial charge in [0.05, 0.1) is 16.8 Å². The predicted molar refractivity (Wildman–Crippen MR) is 78.4 cm³/mol. The molecule has 0 saturated heterocycles. The molecule has 3 heteroatoms. The molecule has 3 rings (SSSR count). The number of nitrogens with one attached hydrogen (secondary N) is 2. The second-order valence-corrected chi connectivity index (χ2v) is 6.32. The first-order valence-corrected chi connectivity index (χ1v) is 7.25. The first kappa shape index (κ1) is 12.5. The van der Waals surface area contributed by atoms with Crippen molar-refractivity contribution >= 4 is 17.3 Å². The zero-order chi connectivity index (χ0) is 13.5. The monoisotopic (exact) mass is 258 g/mol. The van der Waals surface area contributed by atoms with Crippen LogP contribution in [0.3, 0.4) is 0 Å². The summed E-state index contributed by atoms with van der Waals surface area (Å²) in [5.74, 6) is 0.961. The third kappa shape index (κ3) is 2.22. The average molecular weight is 258 g/mol. The van der Waals surface area contributed by atoms with Crippen molar-refractivity contribution in [2.45, 2.75) is 39.5 Å². The molecule has 2 N–H and O–H groups in total. The first-order valence-electron chi connectivity index (χ1n) is 7.25. The van der Waals surface area contributed by atoms with Crippen molar-refractivity contribution in [1.29, 1.82) is 0 Å². The highest BCUT2D eigenvalue weighted by Crippen LogP contribution is 2.42. The first-order chi connectivity index (χ1) is 9.09. The van der Waals surface area contributed by atoms with Gasteiger partial charge in [-0.05, 0) is 56.2 Å². The molecule has 1 heterocycles. The van der Waals surface area contributed by atoms with E-state index in [4.69, 9.17) is 0 Å². The summed E-state index contributed by atoms with van der Waals surface area (Å²) in [7, 11) is 0. The van der Waals surface area contributed by atoms with E-state index in [0.717, 1.165) is 49.5 Å². The summed E-state index contributed by atoms with van der Waals surface area (Å²) in [5.41, 5.74) is 2.95. The van der Waals surface area contributed by atoms with E-state index < -0.39 is 0 Å². The van der Waals surface area contributed by atoms with Crippen molar-refractivity contribution in [3.8, 4) is 0 Å².